The normalized spacial score (nSPS) is 25.1. The Bertz CT molecular complexity index is 462. The van der Waals surface area contributed by atoms with Crippen LogP contribution in [-0.2, 0) is 11.2 Å². The second-order valence-corrected chi connectivity index (χ2v) is 5.68. The lowest BCUT2D eigenvalue weighted by atomic mass is 9.98. The molecule has 3 rings (SSSR count). The Morgan fingerprint density at radius 1 is 1.35 bits per heavy atom. The number of carbonyl (C=O) groups is 1. The molecule has 0 aliphatic carbocycles. The van der Waals surface area contributed by atoms with E-state index in [1.54, 1.807) is 0 Å². The van der Waals surface area contributed by atoms with E-state index in [-0.39, 0.29) is 12.0 Å². The molecule has 1 amide bonds. The highest BCUT2D eigenvalue weighted by atomic mass is 16.5. The van der Waals surface area contributed by atoms with E-state index in [4.69, 9.17) is 10.5 Å². The molecular weight excluding hydrogens is 252 g/mol. The maximum atomic E-state index is 12.7. The molecule has 2 atom stereocenters. The minimum atomic E-state index is -0.342. The Hall–Kier alpha value is -1.55. The number of likely N-dealkylation sites (tertiary alicyclic amines) is 1. The van der Waals surface area contributed by atoms with E-state index in [2.05, 4.69) is 0 Å². The topological polar surface area (TPSA) is 55.6 Å². The standard InChI is InChI=1S/C16H22N2O2/c17-9-8-13-6-3-4-10-18(13)16(19)15-11-12-5-1-2-7-14(12)20-15/h1-2,5,7,13,15H,3-4,6,8-11,17H2. The summed E-state index contributed by atoms with van der Waals surface area (Å²) in [7, 11) is 0. The third kappa shape index (κ3) is 2.52. The number of rotatable bonds is 3. The van der Waals surface area contributed by atoms with Gasteiger partial charge >= 0.3 is 0 Å². The van der Waals surface area contributed by atoms with Crippen molar-refractivity contribution in [3.05, 3.63) is 29.8 Å². The van der Waals surface area contributed by atoms with E-state index >= 15 is 0 Å². The zero-order valence-corrected chi connectivity index (χ0v) is 11.8. The molecule has 1 saturated heterocycles. The second-order valence-electron chi connectivity index (χ2n) is 5.68. The summed E-state index contributed by atoms with van der Waals surface area (Å²) in [5.41, 5.74) is 6.81. The first kappa shape index (κ1) is 13.4. The van der Waals surface area contributed by atoms with Gasteiger partial charge in [-0.25, -0.2) is 0 Å². The molecule has 1 fully saturated rings. The number of fused-ring (bicyclic) bond motifs is 1. The number of amides is 1. The van der Waals surface area contributed by atoms with Gasteiger partial charge in [0.1, 0.15) is 5.75 Å². The van der Waals surface area contributed by atoms with Crippen molar-refractivity contribution in [3.8, 4) is 5.75 Å². The Labute approximate surface area is 119 Å². The predicted molar refractivity (Wildman–Crippen MR) is 77.6 cm³/mol. The van der Waals surface area contributed by atoms with Gasteiger partial charge in [0.15, 0.2) is 6.10 Å². The summed E-state index contributed by atoms with van der Waals surface area (Å²) < 4.78 is 5.83. The van der Waals surface area contributed by atoms with Gasteiger partial charge in [0, 0.05) is 19.0 Å². The molecule has 2 unspecified atom stereocenters. The summed E-state index contributed by atoms with van der Waals surface area (Å²) in [5, 5.41) is 0. The van der Waals surface area contributed by atoms with Crippen molar-refractivity contribution >= 4 is 5.91 Å². The van der Waals surface area contributed by atoms with Gasteiger partial charge in [-0.2, -0.15) is 0 Å². The number of hydrogen-bond acceptors (Lipinski definition) is 3. The van der Waals surface area contributed by atoms with Crippen LogP contribution >= 0.6 is 0 Å². The largest absolute Gasteiger partial charge is 0.480 e. The maximum Gasteiger partial charge on any atom is 0.264 e. The average Bonchev–Trinajstić information content (AvgIpc) is 2.91. The predicted octanol–water partition coefficient (Wildman–Crippen LogP) is 1.72. The van der Waals surface area contributed by atoms with Crippen LogP contribution in [-0.4, -0.2) is 36.0 Å². The van der Waals surface area contributed by atoms with Crippen molar-refractivity contribution in [2.75, 3.05) is 13.1 Å². The monoisotopic (exact) mass is 274 g/mol. The summed E-state index contributed by atoms with van der Waals surface area (Å²) in [6.45, 7) is 1.49. The highest BCUT2D eigenvalue weighted by Crippen LogP contribution is 2.30. The molecule has 0 saturated carbocycles. The fourth-order valence-corrected chi connectivity index (χ4v) is 3.29. The first-order chi connectivity index (χ1) is 9.79. The third-order valence-corrected chi connectivity index (χ3v) is 4.33. The van der Waals surface area contributed by atoms with Crippen LogP contribution < -0.4 is 10.5 Å². The van der Waals surface area contributed by atoms with Gasteiger partial charge in [0.25, 0.3) is 5.91 Å². The van der Waals surface area contributed by atoms with E-state index in [9.17, 15) is 4.79 Å². The molecule has 108 valence electrons. The van der Waals surface area contributed by atoms with Crippen LogP contribution in [0.25, 0.3) is 0 Å². The third-order valence-electron chi connectivity index (χ3n) is 4.33. The maximum absolute atomic E-state index is 12.7. The zero-order chi connectivity index (χ0) is 13.9. The Morgan fingerprint density at radius 2 is 2.20 bits per heavy atom. The molecule has 2 N–H and O–H groups in total. The van der Waals surface area contributed by atoms with E-state index in [1.807, 2.05) is 29.2 Å². The molecule has 2 aliphatic heterocycles. The summed E-state index contributed by atoms with van der Waals surface area (Å²) in [4.78, 5) is 14.7. The number of ether oxygens (including phenoxy) is 1. The van der Waals surface area contributed by atoms with Crippen LogP contribution in [0.4, 0.5) is 0 Å². The number of para-hydroxylation sites is 1. The average molecular weight is 274 g/mol. The lowest BCUT2D eigenvalue weighted by Gasteiger charge is -2.37. The van der Waals surface area contributed by atoms with Gasteiger partial charge < -0.3 is 15.4 Å². The smallest absolute Gasteiger partial charge is 0.264 e. The summed E-state index contributed by atoms with van der Waals surface area (Å²) >= 11 is 0. The first-order valence-corrected chi connectivity index (χ1v) is 7.54. The number of hydrogen-bond donors (Lipinski definition) is 1. The number of nitrogens with two attached hydrogens (primary N) is 1. The molecule has 1 aromatic rings. The van der Waals surface area contributed by atoms with Gasteiger partial charge in [-0.05, 0) is 43.9 Å². The Balaban J connectivity index is 1.70. The molecule has 0 spiro atoms. The number of carbonyl (C=O) groups excluding carboxylic acids is 1. The van der Waals surface area contributed by atoms with Crippen molar-refractivity contribution in [2.24, 2.45) is 5.73 Å². The fourth-order valence-electron chi connectivity index (χ4n) is 3.29. The summed E-state index contributed by atoms with van der Waals surface area (Å²) in [6.07, 6.45) is 4.60. The van der Waals surface area contributed by atoms with Gasteiger partial charge in [0.2, 0.25) is 0 Å². The van der Waals surface area contributed by atoms with Gasteiger partial charge in [-0.3, -0.25) is 4.79 Å². The Kier molecular flexibility index (Phi) is 3.92. The van der Waals surface area contributed by atoms with E-state index in [0.29, 0.717) is 19.0 Å². The number of benzene rings is 1. The van der Waals surface area contributed by atoms with Crippen LogP contribution in [0.15, 0.2) is 24.3 Å². The van der Waals surface area contributed by atoms with Crippen molar-refractivity contribution < 1.29 is 9.53 Å². The zero-order valence-electron chi connectivity index (χ0n) is 11.8. The first-order valence-electron chi connectivity index (χ1n) is 7.54. The minimum absolute atomic E-state index is 0.138. The van der Waals surface area contributed by atoms with Crippen molar-refractivity contribution in [1.82, 2.24) is 4.90 Å². The van der Waals surface area contributed by atoms with E-state index < -0.39 is 0 Å². The minimum Gasteiger partial charge on any atom is -0.480 e. The molecule has 4 nitrogen and oxygen atoms in total. The highest BCUT2D eigenvalue weighted by molar-refractivity contribution is 5.83. The fraction of sp³-hybridized carbons (Fsp3) is 0.562. The summed E-state index contributed by atoms with van der Waals surface area (Å²) in [5.74, 6) is 0.998. The van der Waals surface area contributed by atoms with E-state index in [0.717, 1.165) is 37.1 Å². The number of piperidine rings is 1. The van der Waals surface area contributed by atoms with Crippen molar-refractivity contribution in [1.29, 1.82) is 0 Å². The van der Waals surface area contributed by atoms with Crippen LogP contribution in [0.1, 0.15) is 31.2 Å². The lowest BCUT2D eigenvalue weighted by Crippen LogP contribution is -2.50. The lowest BCUT2D eigenvalue weighted by molar-refractivity contribution is -0.141. The molecular formula is C16H22N2O2. The van der Waals surface area contributed by atoms with Crippen LogP contribution in [0.5, 0.6) is 5.75 Å². The highest BCUT2D eigenvalue weighted by Gasteiger charge is 2.35. The van der Waals surface area contributed by atoms with Crippen LogP contribution in [0.3, 0.4) is 0 Å². The van der Waals surface area contributed by atoms with Crippen LogP contribution in [0.2, 0.25) is 0 Å². The molecule has 0 radical (unpaired) electrons. The van der Waals surface area contributed by atoms with Gasteiger partial charge in [-0.1, -0.05) is 18.2 Å². The molecule has 0 aromatic heterocycles. The molecule has 1 aromatic carbocycles. The van der Waals surface area contributed by atoms with Gasteiger partial charge in [-0.15, -0.1) is 0 Å². The molecule has 0 bridgehead atoms. The van der Waals surface area contributed by atoms with Crippen LogP contribution in [0, 0.1) is 0 Å². The number of nitrogens with zero attached hydrogens (tertiary/aromatic N) is 1. The molecule has 4 heteroatoms. The van der Waals surface area contributed by atoms with Crippen molar-refractivity contribution in [2.45, 2.75) is 44.2 Å². The van der Waals surface area contributed by atoms with E-state index in [1.165, 1.54) is 6.42 Å². The quantitative estimate of drug-likeness (QED) is 0.913. The summed E-state index contributed by atoms with van der Waals surface area (Å²) in [6, 6.07) is 8.22. The van der Waals surface area contributed by atoms with Crippen molar-refractivity contribution in [3.63, 3.8) is 0 Å². The Morgan fingerprint density at radius 3 is 3.00 bits per heavy atom. The molecule has 2 aliphatic rings. The SMILES string of the molecule is NCCC1CCCCN1C(=O)C1Cc2ccccc2O1. The van der Waals surface area contributed by atoms with Gasteiger partial charge in [0.05, 0.1) is 0 Å². The second kappa shape index (κ2) is 5.83. The molecule has 20 heavy (non-hydrogen) atoms. The molecule has 2 heterocycles.